The van der Waals surface area contributed by atoms with Crippen LogP contribution >= 0.6 is 72.8 Å². The highest BCUT2D eigenvalue weighted by molar-refractivity contribution is 15.0. The molecule has 3 aromatic heterocycles. The maximum atomic E-state index is 5.54. The average Bonchev–Trinajstić information content (AvgIpc) is 3.75. The van der Waals surface area contributed by atoms with Crippen LogP contribution in [-0.4, -0.2) is 28.7 Å². The Morgan fingerprint density at radius 3 is 1.20 bits per heavy atom. The summed E-state index contributed by atoms with van der Waals surface area (Å²) in [6, 6.07) is 29.9. The Labute approximate surface area is 282 Å². The number of hydrogen-bond acceptors (Lipinski definition) is 3. The van der Waals surface area contributed by atoms with Crippen LogP contribution in [0.15, 0.2) is 135 Å². The molecule has 0 aliphatic rings. The molecular formula is C30H32ClI3N6. The molecule has 0 radical (unpaired) electrons. The molecule has 0 aliphatic carbocycles. The van der Waals surface area contributed by atoms with Gasteiger partial charge in [0.05, 0.1) is 42.8 Å². The van der Waals surface area contributed by atoms with Gasteiger partial charge in [0.25, 0.3) is 0 Å². The van der Waals surface area contributed by atoms with E-state index in [-0.39, 0.29) is 24.0 Å². The number of nitrogens with zero attached hydrogens (tertiary/aromatic N) is 6. The lowest BCUT2D eigenvalue weighted by Crippen LogP contribution is -1.87. The first-order valence-corrected chi connectivity index (χ1v) is 18.5. The Balaban J connectivity index is 0.000000269. The van der Waals surface area contributed by atoms with Gasteiger partial charge >= 0.3 is 0 Å². The van der Waals surface area contributed by atoms with E-state index in [0.717, 1.165) is 16.4 Å². The van der Waals surface area contributed by atoms with Gasteiger partial charge in [-0.2, -0.15) is 0 Å². The lowest BCUT2D eigenvalue weighted by Gasteiger charge is -2.00. The van der Waals surface area contributed by atoms with Crippen LogP contribution in [0.5, 0.6) is 0 Å². The summed E-state index contributed by atoms with van der Waals surface area (Å²) < 4.78 is 5.91. The summed E-state index contributed by atoms with van der Waals surface area (Å²) in [4.78, 5) is 11.9. The monoisotopic (exact) mass is 892 g/mol. The van der Waals surface area contributed by atoms with Crippen LogP contribution in [0.3, 0.4) is 0 Å². The SMILES string of the molecule is Clc1ccccc1.Cn1ccnc1.Cn1cncc1-c1ccccc1.Cn1cncc1-c1ccccc1.I.II. The smallest absolute Gasteiger partial charge is 0.0948 e. The van der Waals surface area contributed by atoms with Crippen LogP contribution < -0.4 is 0 Å². The van der Waals surface area contributed by atoms with Crippen LogP contribution in [-0.2, 0) is 21.1 Å². The Morgan fingerprint density at radius 2 is 0.975 bits per heavy atom. The van der Waals surface area contributed by atoms with Crippen molar-refractivity contribution in [1.29, 1.82) is 0 Å². The van der Waals surface area contributed by atoms with Crippen molar-refractivity contribution in [2.24, 2.45) is 21.1 Å². The lowest BCUT2D eigenvalue weighted by molar-refractivity contribution is 0.913. The molecule has 0 bridgehead atoms. The first-order valence-electron chi connectivity index (χ1n) is 11.8. The fourth-order valence-electron chi connectivity index (χ4n) is 3.23. The zero-order chi connectivity index (χ0) is 28.3. The van der Waals surface area contributed by atoms with Crippen molar-refractivity contribution in [2.45, 2.75) is 0 Å². The molecule has 210 valence electrons. The van der Waals surface area contributed by atoms with Gasteiger partial charge in [0.15, 0.2) is 0 Å². The molecule has 0 atom stereocenters. The molecule has 3 aromatic carbocycles. The minimum absolute atomic E-state index is 0. The van der Waals surface area contributed by atoms with E-state index >= 15 is 0 Å². The molecule has 0 saturated carbocycles. The minimum atomic E-state index is 0. The van der Waals surface area contributed by atoms with Gasteiger partial charge in [-0.05, 0) is 23.3 Å². The summed E-state index contributed by atoms with van der Waals surface area (Å²) in [7, 11) is 5.93. The van der Waals surface area contributed by atoms with Crippen molar-refractivity contribution in [3.8, 4) is 22.5 Å². The maximum absolute atomic E-state index is 5.54. The fraction of sp³-hybridized carbons (Fsp3) is 0.100. The van der Waals surface area contributed by atoms with Crippen molar-refractivity contribution in [3.05, 3.63) is 140 Å². The van der Waals surface area contributed by atoms with Gasteiger partial charge in [-0.25, -0.2) is 15.0 Å². The van der Waals surface area contributed by atoms with Crippen molar-refractivity contribution < 1.29 is 0 Å². The molecule has 6 rings (SSSR count). The average molecular weight is 893 g/mol. The standard InChI is InChI=1S/2C10H10N2.C6H5Cl.C4H6N2.I2.HI/c2*1-12-8-11-7-10(12)9-5-3-2-4-6-9;7-6-4-2-1-3-5-6;1-6-3-2-5-4-6;1-2;/h2*2-8H,1H3;1-5H;2-4H,1H3;;1H. The van der Waals surface area contributed by atoms with Crippen LogP contribution in [0.25, 0.3) is 22.5 Å². The highest BCUT2D eigenvalue weighted by Gasteiger charge is 1.99. The second-order valence-electron chi connectivity index (χ2n) is 8.04. The highest BCUT2D eigenvalue weighted by Crippen LogP contribution is 2.17. The molecule has 0 saturated heterocycles. The number of rotatable bonds is 2. The number of benzene rings is 3. The second kappa shape index (κ2) is 21.5. The zero-order valence-corrected chi connectivity index (χ0v) is 29.8. The fourth-order valence-corrected chi connectivity index (χ4v) is 3.37. The molecule has 0 amide bonds. The Morgan fingerprint density at radius 1 is 0.575 bits per heavy atom. The Kier molecular flexibility index (Phi) is 19.2. The molecule has 40 heavy (non-hydrogen) atoms. The predicted octanol–water partition coefficient (Wildman–Crippen LogP) is 9.32. The predicted molar refractivity (Wildman–Crippen MR) is 195 cm³/mol. The van der Waals surface area contributed by atoms with E-state index in [4.69, 9.17) is 11.6 Å². The molecule has 10 heteroatoms. The van der Waals surface area contributed by atoms with E-state index < -0.39 is 0 Å². The van der Waals surface area contributed by atoms with Crippen LogP contribution in [0.2, 0.25) is 5.02 Å². The number of aromatic nitrogens is 6. The highest BCUT2D eigenvalue weighted by atomic mass is 128. The van der Waals surface area contributed by atoms with Crippen molar-refractivity contribution >= 4 is 72.8 Å². The minimum Gasteiger partial charge on any atom is -0.341 e. The quantitative estimate of drug-likeness (QED) is 0.163. The number of halogens is 4. The third-order valence-corrected chi connectivity index (χ3v) is 5.39. The van der Waals surface area contributed by atoms with Gasteiger partial charge in [0.1, 0.15) is 0 Å². The molecule has 0 spiro atoms. The summed E-state index contributed by atoms with van der Waals surface area (Å²) in [6.45, 7) is 0. The molecule has 6 aromatic rings. The van der Waals surface area contributed by atoms with Gasteiger partial charge in [-0.1, -0.05) is 90.5 Å². The number of aryl methyl sites for hydroxylation is 3. The van der Waals surface area contributed by atoms with E-state index in [1.807, 2.05) is 133 Å². The zero-order valence-electron chi connectivity index (χ0n) is 22.4. The van der Waals surface area contributed by atoms with Gasteiger partial charge in [-0.15, -0.1) is 24.0 Å². The second-order valence-corrected chi connectivity index (χ2v) is 8.47. The van der Waals surface area contributed by atoms with E-state index in [9.17, 15) is 0 Å². The van der Waals surface area contributed by atoms with E-state index in [1.165, 1.54) is 11.1 Å². The van der Waals surface area contributed by atoms with Gasteiger partial charge in [0, 0.05) is 75.8 Å². The number of hydrogen-bond donors (Lipinski definition) is 0. The summed E-state index contributed by atoms with van der Waals surface area (Å²) in [5.74, 6) is 0. The summed E-state index contributed by atoms with van der Waals surface area (Å²) in [5.41, 5.74) is 4.71. The largest absolute Gasteiger partial charge is 0.341 e. The summed E-state index contributed by atoms with van der Waals surface area (Å²) in [6.07, 6.45) is 12.7. The Hall–Kier alpha value is -2.23. The third-order valence-electron chi connectivity index (χ3n) is 5.14. The molecular weight excluding hydrogens is 861 g/mol. The van der Waals surface area contributed by atoms with Crippen molar-refractivity contribution in [3.63, 3.8) is 0 Å². The van der Waals surface area contributed by atoms with Crippen molar-refractivity contribution in [1.82, 2.24) is 28.7 Å². The molecule has 0 fully saturated rings. The van der Waals surface area contributed by atoms with E-state index in [2.05, 4.69) is 76.4 Å². The van der Waals surface area contributed by atoms with Gasteiger partial charge < -0.3 is 13.7 Å². The van der Waals surface area contributed by atoms with Crippen LogP contribution in [0.1, 0.15) is 0 Å². The van der Waals surface area contributed by atoms with Gasteiger partial charge in [-0.3, -0.25) is 0 Å². The Bertz CT molecular complexity index is 1330. The summed E-state index contributed by atoms with van der Waals surface area (Å²) in [5, 5.41) is 0.794. The third kappa shape index (κ3) is 13.4. The molecule has 0 N–H and O–H groups in total. The maximum Gasteiger partial charge on any atom is 0.0948 e. The van der Waals surface area contributed by atoms with E-state index in [0.29, 0.717) is 0 Å². The molecule has 0 unspecified atom stereocenters. The summed E-state index contributed by atoms with van der Waals surface area (Å²) >= 11 is 9.78. The van der Waals surface area contributed by atoms with Gasteiger partial charge in [0.2, 0.25) is 0 Å². The first-order chi connectivity index (χ1) is 19.0. The van der Waals surface area contributed by atoms with Crippen molar-refractivity contribution in [2.75, 3.05) is 0 Å². The number of imidazole rings is 3. The normalized spacial score (nSPS) is 9.05. The van der Waals surface area contributed by atoms with E-state index in [1.54, 1.807) is 12.5 Å². The first kappa shape index (κ1) is 35.8. The molecule has 3 heterocycles. The van der Waals surface area contributed by atoms with Crippen LogP contribution in [0.4, 0.5) is 0 Å². The van der Waals surface area contributed by atoms with Crippen LogP contribution in [0, 0.1) is 0 Å². The lowest BCUT2D eigenvalue weighted by atomic mass is 10.2. The molecule has 6 nitrogen and oxygen atoms in total. The topological polar surface area (TPSA) is 53.5 Å². The molecule has 0 aliphatic heterocycles.